The van der Waals surface area contributed by atoms with Crippen molar-refractivity contribution in [1.29, 1.82) is 5.26 Å². The lowest BCUT2D eigenvalue weighted by molar-refractivity contribution is 0.167. The highest BCUT2D eigenvalue weighted by atomic mass is 79.9. The summed E-state index contributed by atoms with van der Waals surface area (Å²) in [6.07, 6.45) is 1.71. The molecule has 18 heavy (non-hydrogen) atoms. The van der Waals surface area contributed by atoms with Crippen LogP contribution in [-0.4, -0.2) is 30.1 Å². The van der Waals surface area contributed by atoms with Gasteiger partial charge in [0.1, 0.15) is 5.54 Å². The Morgan fingerprint density at radius 2 is 2.33 bits per heavy atom. The molecule has 1 aliphatic rings. The Kier molecular flexibility index (Phi) is 3.94. The lowest BCUT2D eigenvalue weighted by Gasteiger charge is -2.41. The van der Waals surface area contributed by atoms with Gasteiger partial charge in [-0.2, -0.15) is 5.26 Å². The molecule has 1 saturated heterocycles. The van der Waals surface area contributed by atoms with Gasteiger partial charge in [-0.05, 0) is 45.0 Å². The quantitative estimate of drug-likeness (QED) is 0.911. The number of benzene rings is 1. The Hall–Kier alpha value is -1.05. The molecule has 1 aromatic rings. The topological polar surface area (TPSA) is 39.1 Å². The number of hydrogen-bond acceptors (Lipinski definition) is 3. The van der Waals surface area contributed by atoms with Crippen LogP contribution >= 0.6 is 15.9 Å². The number of halogens is 1. The Bertz CT molecular complexity index is 468. The molecule has 2 rings (SSSR count). The number of nitrogens with zero attached hydrogens (tertiary/aromatic N) is 2. The molecule has 3 nitrogen and oxygen atoms in total. The summed E-state index contributed by atoms with van der Waals surface area (Å²) >= 11 is 3.46. The molecule has 1 aliphatic heterocycles. The predicted molar refractivity (Wildman–Crippen MR) is 77.4 cm³/mol. The van der Waals surface area contributed by atoms with Crippen LogP contribution in [0.5, 0.6) is 0 Å². The van der Waals surface area contributed by atoms with Crippen molar-refractivity contribution in [2.45, 2.75) is 31.3 Å². The van der Waals surface area contributed by atoms with Crippen molar-refractivity contribution in [3.8, 4) is 6.07 Å². The minimum absolute atomic E-state index is 0.429. The zero-order valence-electron chi connectivity index (χ0n) is 10.8. The van der Waals surface area contributed by atoms with Gasteiger partial charge in [0.2, 0.25) is 0 Å². The minimum atomic E-state index is -0.438. The summed E-state index contributed by atoms with van der Waals surface area (Å²) in [6.45, 7) is 3.13. The molecule has 1 heterocycles. The zero-order chi connectivity index (χ0) is 13.2. The summed E-state index contributed by atoms with van der Waals surface area (Å²) < 4.78 is 1.03. The molecule has 0 aliphatic carbocycles. The largest absolute Gasteiger partial charge is 0.367 e. The van der Waals surface area contributed by atoms with Crippen molar-refractivity contribution in [3.05, 3.63) is 28.7 Å². The van der Waals surface area contributed by atoms with E-state index in [1.165, 1.54) is 0 Å². The Morgan fingerprint density at radius 1 is 1.56 bits per heavy atom. The first-order valence-electron chi connectivity index (χ1n) is 6.20. The van der Waals surface area contributed by atoms with Crippen molar-refractivity contribution >= 4 is 21.6 Å². The van der Waals surface area contributed by atoms with E-state index in [4.69, 9.17) is 0 Å². The SMILES string of the molecule is CC1CC(C#N)(Nc2cccc(Br)c2)CCN1C. The van der Waals surface area contributed by atoms with Gasteiger partial charge in [-0.25, -0.2) is 0 Å². The van der Waals surface area contributed by atoms with Crippen LogP contribution < -0.4 is 5.32 Å². The number of rotatable bonds is 2. The molecule has 0 radical (unpaired) electrons. The van der Waals surface area contributed by atoms with Crippen molar-refractivity contribution in [2.75, 3.05) is 18.9 Å². The molecule has 0 spiro atoms. The van der Waals surface area contributed by atoms with Crippen LogP contribution in [0.4, 0.5) is 5.69 Å². The molecule has 1 fully saturated rings. The summed E-state index contributed by atoms with van der Waals surface area (Å²) in [5.41, 5.74) is 0.565. The van der Waals surface area contributed by atoms with Crippen LogP contribution in [0.15, 0.2) is 28.7 Å². The van der Waals surface area contributed by atoms with E-state index in [9.17, 15) is 5.26 Å². The minimum Gasteiger partial charge on any atom is -0.367 e. The third-order valence-corrected chi connectivity index (χ3v) is 4.20. The van der Waals surface area contributed by atoms with Crippen LogP contribution in [-0.2, 0) is 0 Å². The van der Waals surface area contributed by atoms with Gasteiger partial charge >= 0.3 is 0 Å². The molecule has 96 valence electrons. The summed E-state index contributed by atoms with van der Waals surface area (Å²) in [7, 11) is 2.12. The van der Waals surface area contributed by atoms with E-state index < -0.39 is 5.54 Å². The Labute approximate surface area is 117 Å². The maximum atomic E-state index is 9.53. The number of hydrogen-bond donors (Lipinski definition) is 1. The lowest BCUT2D eigenvalue weighted by atomic mass is 9.85. The van der Waals surface area contributed by atoms with Gasteiger partial charge in [0, 0.05) is 22.7 Å². The second-order valence-electron chi connectivity index (χ2n) is 5.11. The van der Waals surface area contributed by atoms with E-state index >= 15 is 0 Å². The highest BCUT2D eigenvalue weighted by Gasteiger charge is 2.37. The van der Waals surface area contributed by atoms with Crippen LogP contribution in [0, 0.1) is 11.3 Å². The second kappa shape index (κ2) is 5.29. The van der Waals surface area contributed by atoms with E-state index in [1.54, 1.807) is 0 Å². The fourth-order valence-corrected chi connectivity index (χ4v) is 2.83. The van der Waals surface area contributed by atoms with Crippen LogP contribution in [0.3, 0.4) is 0 Å². The smallest absolute Gasteiger partial charge is 0.128 e. The summed E-state index contributed by atoms with van der Waals surface area (Å²) in [4.78, 5) is 2.30. The first kappa shape index (κ1) is 13.4. The van der Waals surface area contributed by atoms with Gasteiger partial charge in [0.05, 0.1) is 6.07 Å². The molecule has 1 N–H and O–H groups in total. The number of piperidine rings is 1. The van der Waals surface area contributed by atoms with Crippen LogP contribution in [0.25, 0.3) is 0 Å². The molecule has 0 bridgehead atoms. The molecule has 1 aromatic carbocycles. The fourth-order valence-electron chi connectivity index (χ4n) is 2.44. The summed E-state index contributed by atoms with van der Waals surface area (Å²) in [5, 5.41) is 13.0. The molecular formula is C14H18BrN3. The van der Waals surface area contributed by atoms with Crippen molar-refractivity contribution < 1.29 is 0 Å². The molecule has 0 saturated carbocycles. The fraction of sp³-hybridized carbons (Fsp3) is 0.500. The molecule has 4 heteroatoms. The first-order chi connectivity index (χ1) is 8.54. The number of nitriles is 1. The third kappa shape index (κ3) is 2.85. The zero-order valence-corrected chi connectivity index (χ0v) is 12.4. The molecule has 2 atom stereocenters. The molecule has 0 amide bonds. The summed E-state index contributed by atoms with van der Waals surface area (Å²) in [6, 6.07) is 10.9. The van der Waals surface area contributed by atoms with Gasteiger partial charge in [-0.15, -0.1) is 0 Å². The van der Waals surface area contributed by atoms with E-state index in [2.05, 4.69) is 46.2 Å². The number of likely N-dealkylation sites (tertiary alicyclic amines) is 1. The normalized spacial score (nSPS) is 28.7. The van der Waals surface area contributed by atoms with E-state index in [0.29, 0.717) is 6.04 Å². The van der Waals surface area contributed by atoms with Crippen LogP contribution in [0.1, 0.15) is 19.8 Å². The monoisotopic (exact) mass is 307 g/mol. The average Bonchev–Trinajstić information content (AvgIpc) is 2.34. The van der Waals surface area contributed by atoms with E-state index in [-0.39, 0.29) is 0 Å². The maximum Gasteiger partial charge on any atom is 0.128 e. The highest BCUT2D eigenvalue weighted by Crippen LogP contribution is 2.30. The predicted octanol–water partition coefficient (Wildman–Crippen LogP) is 3.24. The van der Waals surface area contributed by atoms with Crippen molar-refractivity contribution in [1.82, 2.24) is 4.90 Å². The van der Waals surface area contributed by atoms with Gasteiger partial charge in [-0.1, -0.05) is 22.0 Å². The van der Waals surface area contributed by atoms with Crippen LogP contribution in [0.2, 0.25) is 0 Å². The first-order valence-corrected chi connectivity index (χ1v) is 6.99. The Morgan fingerprint density at radius 3 is 2.94 bits per heavy atom. The second-order valence-corrected chi connectivity index (χ2v) is 6.03. The molecule has 2 unspecified atom stereocenters. The number of anilines is 1. The van der Waals surface area contributed by atoms with Gasteiger partial charge in [0.15, 0.2) is 0 Å². The molecule has 0 aromatic heterocycles. The third-order valence-electron chi connectivity index (χ3n) is 3.71. The van der Waals surface area contributed by atoms with Gasteiger partial charge < -0.3 is 10.2 Å². The van der Waals surface area contributed by atoms with E-state index in [1.807, 2.05) is 24.3 Å². The standard InChI is InChI=1S/C14H18BrN3/c1-11-9-14(10-16,6-7-18(11)2)17-13-5-3-4-12(15)8-13/h3-5,8,11,17H,6-7,9H2,1-2H3. The molecular weight excluding hydrogens is 290 g/mol. The van der Waals surface area contributed by atoms with Crippen molar-refractivity contribution in [2.24, 2.45) is 0 Å². The number of nitrogens with one attached hydrogen (secondary N) is 1. The average molecular weight is 308 g/mol. The van der Waals surface area contributed by atoms with E-state index in [0.717, 1.165) is 29.5 Å². The summed E-state index contributed by atoms with van der Waals surface area (Å²) in [5.74, 6) is 0. The van der Waals surface area contributed by atoms with Crippen molar-refractivity contribution in [3.63, 3.8) is 0 Å². The Balaban J connectivity index is 2.17. The maximum absolute atomic E-state index is 9.53. The highest BCUT2D eigenvalue weighted by molar-refractivity contribution is 9.10. The van der Waals surface area contributed by atoms with Gasteiger partial charge in [-0.3, -0.25) is 0 Å². The van der Waals surface area contributed by atoms with Gasteiger partial charge in [0.25, 0.3) is 0 Å². The lowest BCUT2D eigenvalue weighted by Crippen LogP contribution is -2.51.